The molecule has 1 aromatic heterocycles. The predicted molar refractivity (Wildman–Crippen MR) is 81.0 cm³/mol. The summed E-state index contributed by atoms with van der Waals surface area (Å²) in [6, 6.07) is 5.83. The summed E-state index contributed by atoms with van der Waals surface area (Å²) < 4.78 is 7.83. The van der Waals surface area contributed by atoms with Crippen molar-refractivity contribution < 1.29 is 4.74 Å². The van der Waals surface area contributed by atoms with Crippen molar-refractivity contribution >= 4 is 11.6 Å². The van der Waals surface area contributed by atoms with E-state index in [2.05, 4.69) is 17.2 Å². The Hall–Kier alpha value is -1.52. The molecule has 20 heavy (non-hydrogen) atoms. The van der Waals surface area contributed by atoms with Gasteiger partial charge in [0.1, 0.15) is 12.4 Å². The highest BCUT2D eigenvalue weighted by Gasteiger charge is 2.09. The van der Waals surface area contributed by atoms with E-state index in [9.17, 15) is 0 Å². The van der Waals surface area contributed by atoms with Gasteiger partial charge in [0, 0.05) is 19.2 Å². The molecule has 4 nitrogen and oxygen atoms in total. The molecule has 5 heteroatoms. The van der Waals surface area contributed by atoms with Gasteiger partial charge < -0.3 is 14.6 Å². The van der Waals surface area contributed by atoms with Crippen LogP contribution in [0.5, 0.6) is 5.75 Å². The van der Waals surface area contributed by atoms with E-state index >= 15 is 0 Å². The van der Waals surface area contributed by atoms with E-state index in [-0.39, 0.29) is 0 Å². The van der Waals surface area contributed by atoms with Gasteiger partial charge in [-0.05, 0) is 19.0 Å². The van der Waals surface area contributed by atoms with Gasteiger partial charge in [-0.15, -0.1) is 0 Å². The molecule has 0 saturated carbocycles. The molecule has 1 aromatic carbocycles. The number of aromatic nitrogens is 2. The van der Waals surface area contributed by atoms with Crippen molar-refractivity contribution in [3.8, 4) is 5.75 Å². The zero-order valence-corrected chi connectivity index (χ0v) is 12.7. The van der Waals surface area contributed by atoms with Crippen LogP contribution in [-0.2, 0) is 20.2 Å². The molecule has 0 aliphatic rings. The van der Waals surface area contributed by atoms with Gasteiger partial charge in [-0.1, -0.05) is 30.7 Å². The third-order valence-corrected chi connectivity index (χ3v) is 3.37. The van der Waals surface area contributed by atoms with Gasteiger partial charge in [0.05, 0.1) is 23.2 Å². The maximum Gasteiger partial charge on any atom is 0.142 e. The Labute approximate surface area is 124 Å². The van der Waals surface area contributed by atoms with E-state index in [1.807, 2.05) is 29.8 Å². The maximum absolute atomic E-state index is 6.25. The van der Waals surface area contributed by atoms with Crippen LogP contribution in [0.1, 0.15) is 24.6 Å². The average Bonchev–Trinajstić information content (AvgIpc) is 2.84. The Balaban J connectivity index is 2.07. The van der Waals surface area contributed by atoms with Gasteiger partial charge in [0.15, 0.2) is 0 Å². The summed E-state index contributed by atoms with van der Waals surface area (Å²) in [4.78, 5) is 4.08. The minimum atomic E-state index is 0.459. The molecule has 0 aliphatic heterocycles. The lowest BCUT2D eigenvalue weighted by molar-refractivity contribution is 0.293. The first-order valence-corrected chi connectivity index (χ1v) is 7.16. The van der Waals surface area contributed by atoms with Crippen LogP contribution in [0.4, 0.5) is 0 Å². The van der Waals surface area contributed by atoms with E-state index in [0.29, 0.717) is 11.6 Å². The highest BCUT2D eigenvalue weighted by atomic mass is 35.5. The molecule has 0 unspecified atom stereocenters. The molecule has 0 spiro atoms. The number of nitrogens with one attached hydrogen (secondary N) is 1. The first-order valence-electron chi connectivity index (χ1n) is 6.78. The third-order valence-electron chi connectivity index (χ3n) is 3.07. The molecule has 2 aromatic rings. The van der Waals surface area contributed by atoms with Crippen LogP contribution in [0.15, 0.2) is 30.7 Å². The van der Waals surface area contributed by atoms with E-state index in [1.165, 1.54) is 0 Å². The van der Waals surface area contributed by atoms with Crippen LogP contribution < -0.4 is 10.1 Å². The Morgan fingerprint density at radius 1 is 1.40 bits per heavy atom. The Bertz CT molecular complexity index is 554. The normalized spacial score (nSPS) is 10.8. The number of imidazole rings is 1. The second kappa shape index (κ2) is 7.31. The average molecular weight is 294 g/mol. The summed E-state index contributed by atoms with van der Waals surface area (Å²) in [5.41, 5.74) is 2.09. The van der Waals surface area contributed by atoms with Gasteiger partial charge >= 0.3 is 0 Å². The SMILES string of the molecule is CCCNCc1cccc(Cl)c1OCc1cncn1C. The van der Waals surface area contributed by atoms with E-state index in [4.69, 9.17) is 16.3 Å². The number of aryl methyl sites for hydroxylation is 1. The van der Waals surface area contributed by atoms with Crippen molar-refractivity contribution in [2.45, 2.75) is 26.5 Å². The fourth-order valence-electron chi connectivity index (χ4n) is 1.92. The number of benzene rings is 1. The highest BCUT2D eigenvalue weighted by molar-refractivity contribution is 6.32. The van der Waals surface area contributed by atoms with Crippen molar-refractivity contribution in [2.24, 2.45) is 7.05 Å². The summed E-state index contributed by atoms with van der Waals surface area (Å²) in [7, 11) is 1.95. The zero-order chi connectivity index (χ0) is 14.4. The molecule has 0 fully saturated rings. The molecule has 0 atom stereocenters. The summed E-state index contributed by atoms with van der Waals surface area (Å²) in [5, 5.41) is 4.01. The van der Waals surface area contributed by atoms with Crippen molar-refractivity contribution in [1.82, 2.24) is 14.9 Å². The number of halogens is 1. The smallest absolute Gasteiger partial charge is 0.142 e. The molecule has 0 aliphatic carbocycles. The molecule has 1 N–H and O–H groups in total. The zero-order valence-electron chi connectivity index (χ0n) is 11.9. The van der Waals surface area contributed by atoms with Crippen LogP contribution in [0.25, 0.3) is 0 Å². The van der Waals surface area contributed by atoms with Crippen molar-refractivity contribution in [2.75, 3.05) is 6.54 Å². The first kappa shape index (κ1) is 14.9. The summed E-state index contributed by atoms with van der Waals surface area (Å²) in [6.45, 7) is 4.34. The molecule has 108 valence electrons. The third kappa shape index (κ3) is 3.74. The molecule has 2 rings (SSSR count). The van der Waals surface area contributed by atoms with Crippen LogP contribution >= 0.6 is 11.6 Å². The van der Waals surface area contributed by atoms with Gasteiger partial charge in [-0.2, -0.15) is 0 Å². The lowest BCUT2D eigenvalue weighted by Gasteiger charge is -2.13. The Morgan fingerprint density at radius 2 is 2.25 bits per heavy atom. The Morgan fingerprint density at radius 3 is 2.95 bits per heavy atom. The van der Waals surface area contributed by atoms with Crippen molar-refractivity contribution in [3.05, 3.63) is 47.0 Å². The lowest BCUT2D eigenvalue weighted by Crippen LogP contribution is -2.15. The maximum atomic E-state index is 6.25. The van der Waals surface area contributed by atoms with Crippen molar-refractivity contribution in [3.63, 3.8) is 0 Å². The van der Waals surface area contributed by atoms with E-state index < -0.39 is 0 Å². The molecule has 1 heterocycles. The highest BCUT2D eigenvalue weighted by Crippen LogP contribution is 2.29. The number of ether oxygens (including phenoxy) is 1. The van der Waals surface area contributed by atoms with E-state index in [0.717, 1.165) is 36.5 Å². The molecule has 0 bridgehead atoms. The number of rotatable bonds is 7. The molecular weight excluding hydrogens is 274 g/mol. The monoisotopic (exact) mass is 293 g/mol. The van der Waals surface area contributed by atoms with Crippen LogP contribution in [0, 0.1) is 0 Å². The molecule has 0 radical (unpaired) electrons. The van der Waals surface area contributed by atoms with Gasteiger partial charge in [-0.25, -0.2) is 4.98 Å². The fourth-order valence-corrected chi connectivity index (χ4v) is 2.17. The number of hydrogen-bond acceptors (Lipinski definition) is 3. The predicted octanol–water partition coefficient (Wildman–Crippen LogP) is 3.15. The number of para-hydroxylation sites is 1. The summed E-state index contributed by atoms with van der Waals surface area (Å²) >= 11 is 6.25. The summed E-state index contributed by atoms with van der Waals surface area (Å²) in [6.07, 6.45) is 4.66. The fraction of sp³-hybridized carbons (Fsp3) is 0.400. The Kier molecular flexibility index (Phi) is 5.44. The lowest BCUT2D eigenvalue weighted by atomic mass is 10.2. The summed E-state index contributed by atoms with van der Waals surface area (Å²) in [5.74, 6) is 0.749. The standard InChI is InChI=1S/C15H20ClN3O/c1-3-7-17-8-12-5-4-6-14(16)15(12)20-10-13-9-18-11-19(13)2/h4-6,9,11,17H,3,7-8,10H2,1-2H3. The van der Waals surface area contributed by atoms with Crippen LogP contribution in [-0.4, -0.2) is 16.1 Å². The van der Waals surface area contributed by atoms with E-state index in [1.54, 1.807) is 12.5 Å². The topological polar surface area (TPSA) is 39.1 Å². The van der Waals surface area contributed by atoms with Crippen molar-refractivity contribution in [1.29, 1.82) is 0 Å². The molecule has 0 saturated heterocycles. The quantitative estimate of drug-likeness (QED) is 0.797. The van der Waals surface area contributed by atoms with Gasteiger partial charge in [0.25, 0.3) is 0 Å². The second-order valence-electron chi connectivity index (χ2n) is 4.69. The minimum absolute atomic E-state index is 0.459. The van der Waals surface area contributed by atoms with Crippen LogP contribution in [0.3, 0.4) is 0 Å². The molecular formula is C15H20ClN3O. The van der Waals surface area contributed by atoms with Crippen LogP contribution in [0.2, 0.25) is 5.02 Å². The minimum Gasteiger partial charge on any atom is -0.485 e. The van der Waals surface area contributed by atoms with Gasteiger partial charge in [-0.3, -0.25) is 0 Å². The number of hydrogen-bond donors (Lipinski definition) is 1. The second-order valence-corrected chi connectivity index (χ2v) is 5.10. The molecule has 0 amide bonds. The number of nitrogens with zero attached hydrogens (tertiary/aromatic N) is 2. The first-order chi connectivity index (χ1) is 9.72. The largest absolute Gasteiger partial charge is 0.485 e. The van der Waals surface area contributed by atoms with Gasteiger partial charge in [0.2, 0.25) is 0 Å².